The first-order valence-corrected chi connectivity index (χ1v) is 6.50. The van der Waals surface area contributed by atoms with Crippen molar-refractivity contribution in [2.45, 2.75) is 0 Å². The van der Waals surface area contributed by atoms with E-state index in [1.807, 2.05) is 6.07 Å². The van der Waals surface area contributed by atoms with Gasteiger partial charge in [-0.25, -0.2) is 0 Å². The van der Waals surface area contributed by atoms with Crippen LogP contribution in [0.25, 0.3) is 0 Å². The average molecular weight is 337 g/mol. The van der Waals surface area contributed by atoms with E-state index in [0.29, 0.717) is 22.7 Å². The molecular weight excluding hydrogens is 324 g/mol. The quantitative estimate of drug-likeness (QED) is 0.589. The fourth-order valence-corrected chi connectivity index (χ4v) is 2.04. The molecule has 1 aromatic carbocycles. The zero-order valence-electron chi connectivity index (χ0n) is 10.7. The molecule has 1 aromatic heterocycles. The molecule has 6 nitrogen and oxygen atoms in total. The zero-order chi connectivity index (χ0) is 14.5. The molecule has 0 radical (unpaired) electrons. The average Bonchev–Trinajstić information content (AvgIpc) is 2.47. The molecule has 0 aliphatic heterocycles. The molecule has 20 heavy (non-hydrogen) atoms. The van der Waals surface area contributed by atoms with E-state index in [-0.39, 0.29) is 5.91 Å². The van der Waals surface area contributed by atoms with Crippen LogP contribution in [0.15, 0.2) is 41.1 Å². The number of hydrogen-bond donors (Lipinski definition) is 3. The van der Waals surface area contributed by atoms with E-state index in [1.54, 1.807) is 18.2 Å². The third kappa shape index (κ3) is 3.06. The van der Waals surface area contributed by atoms with E-state index in [9.17, 15) is 4.79 Å². The molecule has 0 aliphatic rings. The minimum absolute atomic E-state index is 0.309. The number of rotatable bonds is 4. The number of halogens is 1. The number of nitrogens with two attached hydrogens (primary N) is 1. The first-order chi connectivity index (χ1) is 9.65. The van der Waals surface area contributed by atoms with Crippen molar-refractivity contribution in [1.82, 2.24) is 4.98 Å². The van der Waals surface area contributed by atoms with E-state index in [4.69, 9.17) is 10.6 Å². The number of hydrogen-bond acceptors (Lipinski definition) is 5. The Kier molecular flexibility index (Phi) is 4.54. The first-order valence-electron chi connectivity index (χ1n) is 5.71. The molecule has 2 aromatic rings. The van der Waals surface area contributed by atoms with Crippen molar-refractivity contribution in [2.75, 3.05) is 17.9 Å². The Morgan fingerprint density at radius 3 is 2.85 bits per heavy atom. The lowest BCUT2D eigenvalue weighted by Gasteiger charge is -2.12. The topological polar surface area (TPSA) is 89.3 Å². The maximum atomic E-state index is 12.3. The van der Waals surface area contributed by atoms with Gasteiger partial charge in [-0.05, 0) is 24.3 Å². The van der Waals surface area contributed by atoms with Crippen LogP contribution in [0.3, 0.4) is 0 Å². The number of carbonyl (C=O) groups excluding carboxylic acids is 1. The minimum atomic E-state index is -0.309. The van der Waals surface area contributed by atoms with Crippen LogP contribution in [-0.2, 0) is 0 Å². The van der Waals surface area contributed by atoms with Crippen molar-refractivity contribution in [1.29, 1.82) is 0 Å². The van der Waals surface area contributed by atoms with Gasteiger partial charge in [0.15, 0.2) is 0 Å². The molecule has 0 aliphatic carbocycles. The smallest absolute Gasteiger partial charge is 0.258 e. The molecule has 0 fully saturated rings. The maximum absolute atomic E-state index is 12.3. The van der Waals surface area contributed by atoms with Crippen molar-refractivity contribution < 1.29 is 9.53 Å². The number of anilines is 2. The SMILES string of the molecule is COc1ccc(Br)cc1NC(=O)c1ccncc1NN. The number of aromatic nitrogens is 1. The number of ether oxygens (including phenoxy) is 1. The van der Waals surface area contributed by atoms with Gasteiger partial charge in [0.1, 0.15) is 5.75 Å². The van der Waals surface area contributed by atoms with Crippen LogP contribution in [0.2, 0.25) is 0 Å². The number of pyridine rings is 1. The fraction of sp³-hybridized carbons (Fsp3) is 0.0769. The number of hydrazine groups is 1. The van der Waals surface area contributed by atoms with Crippen LogP contribution >= 0.6 is 15.9 Å². The van der Waals surface area contributed by atoms with Gasteiger partial charge in [0, 0.05) is 10.7 Å². The normalized spacial score (nSPS) is 9.95. The summed E-state index contributed by atoms with van der Waals surface area (Å²) in [5, 5.41) is 2.78. The van der Waals surface area contributed by atoms with Crippen molar-refractivity contribution in [3.05, 3.63) is 46.7 Å². The Bertz CT molecular complexity index is 634. The Labute approximate surface area is 124 Å². The van der Waals surface area contributed by atoms with E-state index >= 15 is 0 Å². The van der Waals surface area contributed by atoms with E-state index in [0.717, 1.165) is 4.47 Å². The van der Waals surface area contributed by atoms with Gasteiger partial charge in [-0.15, -0.1) is 0 Å². The summed E-state index contributed by atoms with van der Waals surface area (Å²) in [6, 6.07) is 6.92. The van der Waals surface area contributed by atoms with Crippen LogP contribution in [0.1, 0.15) is 10.4 Å². The van der Waals surface area contributed by atoms with Crippen LogP contribution < -0.4 is 21.3 Å². The summed E-state index contributed by atoms with van der Waals surface area (Å²) < 4.78 is 6.04. The molecule has 0 spiro atoms. The van der Waals surface area contributed by atoms with Gasteiger partial charge in [0.25, 0.3) is 5.91 Å². The molecule has 7 heteroatoms. The Morgan fingerprint density at radius 2 is 2.15 bits per heavy atom. The van der Waals surface area contributed by atoms with Gasteiger partial charge in [-0.3, -0.25) is 15.6 Å². The summed E-state index contributed by atoms with van der Waals surface area (Å²) >= 11 is 3.35. The number of nitrogens with one attached hydrogen (secondary N) is 2. The largest absolute Gasteiger partial charge is 0.495 e. The summed E-state index contributed by atoms with van der Waals surface area (Å²) in [6.07, 6.45) is 3.00. The summed E-state index contributed by atoms with van der Waals surface area (Å²) in [5.74, 6) is 5.62. The molecule has 1 heterocycles. The minimum Gasteiger partial charge on any atom is -0.495 e. The van der Waals surface area contributed by atoms with Crippen LogP contribution in [-0.4, -0.2) is 18.0 Å². The Hall–Kier alpha value is -2.12. The second-order valence-corrected chi connectivity index (χ2v) is 4.78. The Morgan fingerprint density at radius 1 is 1.35 bits per heavy atom. The Balaban J connectivity index is 2.30. The lowest BCUT2D eigenvalue weighted by atomic mass is 10.2. The van der Waals surface area contributed by atoms with Crippen LogP contribution in [0, 0.1) is 0 Å². The highest BCUT2D eigenvalue weighted by atomic mass is 79.9. The number of carbonyl (C=O) groups is 1. The first kappa shape index (κ1) is 14.3. The molecule has 0 atom stereocenters. The van der Waals surface area contributed by atoms with Gasteiger partial charge in [-0.2, -0.15) is 0 Å². The van der Waals surface area contributed by atoms with Gasteiger partial charge >= 0.3 is 0 Å². The maximum Gasteiger partial charge on any atom is 0.258 e. The van der Waals surface area contributed by atoms with Crippen molar-refractivity contribution in [3.63, 3.8) is 0 Å². The van der Waals surface area contributed by atoms with Gasteiger partial charge in [0.05, 0.1) is 30.2 Å². The second-order valence-electron chi connectivity index (χ2n) is 3.86. The predicted octanol–water partition coefficient (Wildman–Crippen LogP) is 2.39. The summed E-state index contributed by atoms with van der Waals surface area (Å²) in [7, 11) is 1.54. The molecule has 104 valence electrons. The van der Waals surface area contributed by atoms with Gasteiger partial charge < -0.3 is 15.5 Å². The van der Waals surface area contributed by atoms with E-state index in [2.05, 4.69) is 31.7 Å². The van der Waals surface area contributed by atoms with Gasteiger partial charge in [0.2, 0.25) is 0 Å². The summed E-state index contributed by atoms with van der Waals surface area (Å²) in [4.78, 5) is 16.2. The highest BCUT2D eigenvalue weighted by molar-refractivity contribution is 9.10. The van der Waals surface area contributed by atoms with Crippen molar-refractivity contribution in [2.24, 2.45) is 5.84 Å². The number of benzene rings is 1. The van der Waals surface area contributed by atoms with Crippen molar-refractivity contribution >= 4 is 33.2 Å². The van der Waals surface area contributed by atoms with Crippen LogP contribution in [0.4, 0.5) is 11.4 Å². The number of nitrogen functional groups attached to an aromatic ring is 1. The molecule has 0 saturated carbocycles. The number of methoxy groups -OCH3 is 1. The molecule has 4 N–H and O–H groups in total. The van der Waals surface area contributed by atoms with Crippen LogP contribution in [0.5, 0.6) is 5.75 Å². The van der Waals surface area contributed by atoms with Crippen molar-refractivity contribution in [3.8, 4) is 5.75 Å². The fourth-order valence-electron chi connectivity index (χ4n) is 1.68. The summed E-state index contributed by atoms with van der Waals surface area (Å²) in [6.45, 7) is 0. The molecule has 2 rings (SSSR count). The molecule has 0 bridgehead atoms. The molecule has 0 unspecified atom stereocenters. The highest BCUT2D eigenvalue weighted by Crippen LogP contribution is 2.28. The third-order valence-electron chi connectivity index (χ3n) is 2.63. The summed E-state index contributed by atoms with van der Waals surface area (Å²) in [5.41, 5.74) is 3.84. The lowest BCUT2D eigenvalue weighted by molar-refractivity contribution is 0.102. The number of amides is 1. The van der Waals surface area contributed by atoms with E-state index in [1.165, 1.54) is 19.5 Å². The van der Waals surface area contributed by atoms with E-state index < -0.39 is 0 Å². The predicted molar refractivity (Wildman–Crippen MR) is 80.7 cm³/mol. The third-order valence-corrected chi connectivity index (χ3v) is 3.12. The lowest BCUT2D eigenvalue weighted by Crippen LogP contribution is -2.17. The monoisotopic (exact) mass is 336 g/mol. The van der Waals surface area contributed by atoms with Gasteiger partial charge in [-0.1, -0.05) is 15.9 Å². The second kappa shape index (κ2) is 6.36. The molecule has 0 saturated heterocycles. The molecular formula is C13H13BrN4O2. The molecule has 1 amide bonds. The number of nitrogens with zero attached hydrogens (tertiary/aromatic N) is 1. The highest BCUT2D eigenvalue weighted by Gasteiger charge is 2.13. The zero-order valence-corrected chi connectivity index (χ0v) is 12.3. The standard InChI is InChI=1S/C13H13BrN4O2/c1-20-12-3-2-8(14)6-10(12)17-13(19)9-4-5-16-7-11(9)18-15/h2-7,18H,15H2,1H3,(H,17,19).